The summed E-state index contributed by atoms with van der Waals surface area (Å²) in [5.74, 6) is -3.04. The molecule has 2 amide bonds. The Bertz CT molecular complexity index is 2680. The van der Waals surface area contributed by atoms with Crippen LogP contribution in [0.15, 0.2) is 50.2 Å². The predicted molar refractivity (Wildman–Crippen MR) is 234 cm³/mol. The van der Waals surface area contributed by atoms with E-state index in [4.69, 9.17) is 11.6 Å². The number of alkyl halides is 13. The van der Waals surface area contributed by atoms with Crippen LogP contribution < -0.4 is 20.1 Å². The molecule has 4 heterocycles. The summed E-state index contributed by atoms with van der Waals surface area (Å²) in [6, 6.07) is 6.54. The number of aryl methyl sites for hydroxylation is 3. The second kappa shape index (κ2) is 22.7. The van der Waals surface area contributed by atoms with E-state index in [2.05, 4.69) is 40.3 Å². The van der Waals surface area contributed by atoms with Crippen molar-refractivity contribution in [2.24, 2.45) is 14.1 Å². The molecule has 0 atom stereocenters. The number of thioether (sulfide) groups is 1. The van der Waals surface area contributed by atoms with Crippen LogP contribution in [0, 0.1) is 6.92 Å². The molecule has 0 aliphatic rings. The fraction of sp³-hybridized carbons (Fsp3) is 0.487. The first-order valence-corrected chi connectivity index (χ1v) is 24.1. The van der Waals surface area contributed by atoms with Gasteiger partial charge in [-0.2, -0.15) is 62.9 Å². The van der Waals surface area contributed by atoms with Crippen LogP contribution >= 0.6 is 46.0 Å². The predicted octanol–water partition coefficient (Wildman–Crippen LogP) is 10.6. The summed E-state index contributed by atoms with van der Waals surface area (Å²) in [7, 11) is -1.58. The summed E-state index contributed by atoms with van der Waals surface area (Å²) in [5.41, 5.74) is -3.74. The number of carbonyl (C=O) groups is 2. The smallest absolute Gasteiger partial charge is 0.435 e. The molecule has 0 saturated carbocycles. The van der Waals surface area contributed by atoms with Crippen molar-refractivity contribution in [1.29, 1.82) is 0 Å². The van der Waals surface area contributed by atoms with Crippen LogP contribution in [0.3, 0.4) is 0 Å². The highest BCUT2D eigenvalue weighted by Crippen LogP contribution is 2.40. The second-order valence-electron chi connectivity index (χ2n) is 16.4. The zero-order chi connectivity index (χ0) is 53.6. The van der Waals surface area contributed by atoms with E-state index in [0.29, 0.717) is 9.36 Å². The Morgan fingerprint density at radius 2 is 1.10 bits per heavy atom. The van der Waals surface area contributed by atoms with Gasteiger partial charge >= 0.3 is 24.7 Å². The number of aromatic nitrogens is 6. The molecule has 5 rings (SSSR count). The molecule has 1 aromatic carbocycles. The Morgan fingerprint density at radius 3 is 1.51 bits per heavy atom. The minimum absolute atomic E-state index is 0.0737. The Morgan fingerprint density at radius 1 is 0.686 bits per heavy atom. The van der Waals surface area contributed by atoms with E-state index < -0.39 is 111 Å². The van der Waals surface area contributed by atoms with Gasteiger partial charge in [-0.3, -0.25) is 9.59 Å². The van der Waals surface area contributed by atoms with Gasteiger partial charge in [0.05, 0.1) is 34.3 Å². The van der Waals surface area contributed by atoms with Crippen molar-refractivity contribution in [1.82, 2.24) is 40.2 Å². The standard InChI is InChI=1S/C16H18F6N4O2S2.C15H18N2O3S2.C8H7ClF6N2O/c1-14(2,3)24-11(27)9-5-23-13(30-9)29-6-8-10(16(20,21)22)25-26(4)12(8)28-7-15(17,18)19;1-10-5-7-11(8-6-10)22(19,20)14-16-9-12(21-14)13(18)17-15(2,3)4;1-17-6(18-3-7(10,11)12)4(2-9)5(16-17)8(13,14)15/h5H,6-7H2,1-4H3,(H,24,27);5-9H,1-4H3,(H,17,18);2-3H2,1H3. The van der Waals surface area contributed by atoms with Gasteiger partial charge in [-0.05, 0) is 60.6 Å². The zero-order valence-corrected chi connectivity index (χ0v) is 42.0. The molecule has 14 nitrogen and oxygen atoms in total. The van der Waals surface area contributed by atoms with Gasteiger partial charge in [0.15, 0.2) is 28.9 Å². The molecule has 0 saturated heterocycles. The van der Waals surface area contributed by atoms with Gasteiger partial charge in [-0.1, -0.05) is 40.8 Å². The molecular weight excluding hydrogens is 1070 g/mol. The van der Waals surface area contributed by atoms with Crippen molar-refractivity contribution < 1.29 is 80.2 Å². The molecule has 0 fully saturated rings. The average Bonchev–Trinajstić information content (AvgIpc) is 4.00. The molecule has 2 N–H and O–H groups in total. The molecule has 0 aliphatic heterocycles. The summed E-state index contributed by atoms with van der Waals surface area (Å²) in [6.45, 7) is 9.33. The first-order chi connectivity index (χ1) is 31.7. The largest absolute Gasteiger partial charge is 0.468 e. The lowest BCUT2D eigenvalue weighted by molar-refractivity contribution is -0.155. The molecule has 31 heteroatoms. The van der Waals surface area contributed by atoms with E-state index in [1.165, 1.54) is 12.4 Å². The van der Waals surface area contributed by atoms with Crippen LogP contribution in [0.4, 0.5) is 52.7 Å². The third-order valence-electron chi connectivity index (χ3n) is 7.89. The number of carbonyl (C=O) groups excluding carboxylic acids is 2. The topological polar surface area (TPSA) is 172 Å². The molecule has 5 aromatic rings. The number of ether oxygens (including phenoxy) is 2. The average molecular weight is 1110 g/mol. The van der Waals surface area contributed by atoms with Crippen LogP contribution in [-0.2, 0) is 47.9 Å². The maximum atomic E-state index is 13.3. The number of rotatable bonds is 12. The van der Waals surface area contributed by atoms with Gasteiger partial charge in [-0.15, -0.1) is 22.9 Å². The maximum absolute atomic E-state index is 13.3. The Hall–Kier alpha value is -4.81. The van der Waals surface area contributed by atoms with Crippen LogP contribution in [0.5, 0.6) is 11.8 Å². The first kappa shape index (κ1) is 59.5. The fourth-order valence-electron chi connectivity index (χ4n) is 5.15. The highest BCUT2D eigenvalue weighted by Gasteiger charge is 2.42. The number of amides is 2. The minimum Gasteiger partial charge on any atom is -0.468 e. The summed E-state index contributed by atoms with van der Waals surface area (Å²) < 4.78 is 186. The molecule has 4 aromatic heterocycles. The van der Waals surface area contributed by atoms with Crippen molar-refractivity contribution in [2.45, 2.75) is 109 Å². The fourth-order valence-corrected chi connectivity index (χ4v) is 9.69. The lowest BCUT2D eigenvalue weighted by atomic mass is 10.1. The van der Waals surface area contributed by atoms with E-state index in [-0.39, 0.29) is 29.2 Å². The summed E-state index contributed by atoms with van der Waals surface area (Å²) in [6.07, 6.45) is -16.5. The Labute approximate surface area is 409 Å². The van der Waals surface area contributed by atoms with Gasteiger partial charge in [0.1, 0.15) is 9.75 Å². The van der Waals surface area contributed by atoms with Crippen molar-refractivity contribution in [3.05, 3.63) is 74.5 Å². The Balaban J connectivity index is 0.000000288. The van der Waals surface area contributed by atoms with E-state index >= 15 is 0 Å². The van der Waals surface area contributed by atoms with Gasteiger partial charge in [0.25, 0.3) is 11.8 Å². The molecule has 390 valence electrons. The molecule has 0 unspecified atom stereocenters. The maximum Gasteiger partial charge on any atom is 0.435 e. The van der Waals surface area contributed by atoms with Crippen molar-refractivity contribution >= 4 is 67.7 Å². The van der Waals surface area contributed by atoms with Gasteiger partial charge in [-0.25, -0.2) is 27.7 Å². The molecule has 70 heavy (non-hydrogen) atoms. The monoisotopic (exact) mass is 1110 g/mol. The molecule has 0 spiro atoms. The summed E-state index contributed by atoms with van der Waals surface area (Å²) >= 11 is 7.96. The Kier molecular flexibility index (Phi) is 19.3. The first-order valence-electron chi connectivity index (χ1n) is 19.4. The number of hydrogen-bond acceptors (Lipinski definition) is 13. The number of sulfone groups is 1. The number of halogens is 13. The number of nitrogens with zero attached hydrogens (tertiary/aromatic N) is 6. The molecular formula is C39H43ClF12N8O6S4. The van der Waals surface area contributed by atoms with Crippen LogP contribution in [-0.4, -0.2) is 86.4 Å². The van der Waals surface area contributed by atoms with Crippen molar-refractivity contribution in [2.75, 3.05) is 13.2 Å². The lowest BCUT2D eigenvalue weighted by Gasteiger charge is -2.19. The van der Waals surface area contributed by atoms with Gasteiger partial charge in [0.2, 0.25) is 25.9 Å². The van der Waals surface area contributed by atoms with E-state index in [1.807, 2.05) is 27.7 Å². The van der Waals surface area contributed by atoms with Gasteiger partial charge < -0.3 is 20.1 Å². The van der Waals surface area contributed by atoms with E-state index in [9.17, 15) is 70.7 Å². The van der Waals surface area contributed by atoms with Crippen LogP contribution in [0.2, 0.25) is 0 Å². The highest BCUT2D eigenvalue weighted by atomic mass is 35.5. The number of hydrogen-bond donors (Lipinski definition) is 2. The van der Waals surface area contributed by atoms with E-state index in [0.717, 1.165) is 54.1 Å². The van der Waals surface area contributed by atoms with Gasteiger partial charge in [0, 0.05) is 30.9 Å². The van der Waals surface area contributed by atoms with Crippen LogP contribution in [0.25, 0.3) is 0 Å². The molecule has 0 aliphatic carbocycles. The normalized spacial score (nSPS) is 12.7. The highest BCUT2D eigenvalue weighted by molar-refractivity contribution is 8.00. The summed E-state index contributed by atoms with van der Waals surface area (Å²) in [5, 5.41) is 11.9. The molecule has 0 bridgehead atoms. The van der Waals surface area contributed by atoms with E-state index in [1.54, 1.807) is 45.0 Å². The van der Waals surface area contributed by atoms with Crippen molar-refractivity contribution in [3.8, 4) is 11.8 Å². The quantitative estimate of drug-likeness (QED) is 0.0692. The lowest BCUT2D eigenvalue weighted by Crippen LogP contribution is -2.40. The van der Waals surface area contributed by atoms with Crippen LogP contribution in [0.1, 0.15) is 89.0 Å². The SMILES string of the molecule is Cc1ccc(S(=O)(=O)c2ncc(C(=O)NC(C)(C)C)s2)cc1.Cn1nc(C(F)(F)F)c(CCl)c1OCC(F)(F)F.Cn1nc(C(F)(F)F)c(CSc2ncc(C(=O)NC(C)(C)C)s2)c1OCC(F)(F)F. The van der Waals surface area contributed by atoms with Crippen molar-refractivity contribution in [3.63, 3.8) is 0 Å². The number of thiazole rings is 2. The zero-order valence-electron chi connectivity index (χ0n) is 38.0. The number of nitrogens with one attached hydrogen (secondary N) is 2. The third-order valence-corrected chi connectivity index (χ3v) is 13.5. The minimum atomic E-state index is -4.88. The third kappa shape index (κ3) is 18.1. The second-order valence-corrected chi connectivity index (χ2v) is 22.1. The number of benzene rings is 1. The molecule has 0 radical (unpaired) electrons. The summed E-state index contributed by atoms with van der Waals surface area (Å²) in [4.78, 5) is 32.8.